The summed E-state index contributed by atoms with van der Waals surface area (Å²) < 4.78 is 5.07. The van der Waals surface area contributed by atoms with Crippen molar-refractivity contribution in [3.05, 3.63) is 18.0 Å². The molecule has 62 valence electrons. The molecule has 0 spiro atoms. The third kappa shape index (κ3) is 1.69. The second-order valence-corrected chi connectivity index (χ2v) is 2.88. The fourth-order valence-electron chi connectivity index (χ4n) is 0.798. The summed E-state index contributed by atoms with van der Waals surface area (Å²) in [6.07, 6.45) is 3.58. The van der Waals surface area contributed by atoms with Gasteiger partial charge in [0.1, 0.15) is 17.5 Å². The first kappa shape index (κ1) is 8.88. The molecule has 0 aliphatic heterocycles. The van der Waals surface area contributed by atoms with Crippen molar-refractivity contribution in [3.8, 4) is 11.8 Å². The number of rotatable bonds is 2. The zero-order valence-electron chi connectivity index (χ0n) is 6.87. The van der Waals surface area contributed by atoms with Gasteiger partial charge < -0.3 is 4.74 Å². The van der Waals surface area contributed by atoms with Gasteiger partial charge in [0.25, 0.3) is 0 Å². The predicted octanol–water partition coefficient (Wildman–Crippen LogP) is 1.68. The molecule has 1 aromatic heterocycles. The van der Waals surface area contributed by atoms with Crippen LogP contribution in [0.4, 0.5) is 0 Å². The van der Waals surface area contributed by atoms with Crippen LogP contribution in [0.2, 0.25) is 0 Å². The third-order valence-electron chi connectivity index (χ3n) is 1.39. The molecule has 1 rings (SSSR count). The largest absolute Gasteiger partial charge is 0.495 e. The van der Waals surface area contributed by atoms with Crippen molar-refractivity contribution in [2.75, 3.05) is 13.4 Å². The summed E-state index contributed by atoms with van der Waals surface area (Å²) in [6, 6.07) is 3.58. The van der Waals surface area contributed by atoms with Crippen LogP contribution >= 0.6 is 11.8 Å². The average Bonchev–Trinajstić information content (AvgIpc) is 2.16. The lowest BCUT2D eigenvalue weighted by molar-refractivity contribution is 0.404. The summed E-state index contributed by atoms with van der Waals surface area (Å²) in [7, 11) is 1.58. The number of aromatic nitrogens is 1. The molecule has 12 heavy (non-hydrogen) atoms. The molecule has 4 heteroatoms. The lowest BCUT2D eigenvalue weighted by atomic mass is 10.3. The average molecular weight is 180 g/mol. The summed E-state index contributed by atoms with van der Waals surface area (Å²) in [5.41, 5.74) is 0.379. The van der Waals surface area contributed by atoms with E-state index in [4.69, 9.17) is 10.00 Å². The van der Waals surface area contributed by atoms with Gasteiger partial charge >= 0.3 is 0 Å². The molecule has 0 aliphatic rings. The van der Waals surface area contributed by atoms with E-state index in [1.54, 1.807) is 31.1 Å². The molecule has 1 aromatic rings. The van der Waals surface area contributed by atoms with Gasteiger partial charge in [-0.1, -0.05) is 0 Å². The maximum Gasteiger partial charge on any atom is 0.144 e. The van der Waals surface area contributed by atoms with E-state index in [0.717, 1.165) is 4.90 Å². The summed E-state index contributed by atoms with van der Waals surface area (Å²) in [5.74, 6) is 0.703. The second-order valence-electron chi connectivity index (χ2n) is 2.04. The molecule has 0 unspecified atom stereocenters. The summed E-state index contributed by atoms with van der Waals surface area (Å²) in [4.78, 5) is 4.86. The maximum atomic E-state index is 8.55. The molecule has 3 nitrogen and oxygen atoms in total. The van der Waals surface area contributed by atoms with E-state index in [9.17, 15) is 0 Å². The molecule has 0 fully saturated rings. The van der Waals surface area contributed by atoms with Gasteiger partial charge in [-0.05, 0) is 6.26 Å². The number of hydrogen-bond donors (Lipinski definition) is 0. The smallest absolute Gasteiger partial charge is 0.144 e. The van der Waals surface area contributed by atoms with E-state index in [2.05, 4.69) is 4.98 Å². The highest BCUT2D eigenvalue weighted by molar-refractivity contribution is 7.98. The topological polar surface area (TPSA) is 45.9 Å². The van der Waals surface area contributed by atoms with E-state index in [0.29, 0.717) is 11.4 Å². The first-order valence-corrected chi connectivity index (χ1v) is 4.52. The van der Waals surface area contributed by atoms with Crippen LogP contribution in [0, 0.1) is 11.3 Å². The Bertz CT molecular complexity index is 319. The Labute approximate surface area is 75.4 Å². The van der Waals surface area contributed by atoms with Gasteiger partial charge in [-0.25, -0.2) is 4.98 Å². The van der Waals surface area contributed by atoms with E-state index in [1.165, 1.54) is 0 Å². The lowest BCUT2D eigenvalue weighted by Gasteiger charge is -2.04. The van der Waals surface area contributed by atoms with E-state index < -0.39 is 0 Å². The minimum Gasteiger partial charge on any atom is -0.495 e. The molecule has 0 N–H and O–H groups in total. The normalized spacial score (nSPS) is 9.08. The number of thioether (sulfide) groups is 1. The third-order valence-corrected chi connectivity index (χ3v) is 2.13. The van der Waals surface area contributed by atoms with Gasteiger partial charge in [-0.3, -0.25) is 0 Å². The van der Waals surface area contributed by atoms with Gasteiger partial charge in [0.2, 0.25) is 0 Å². The Morgan fingerprint density at radius 2 is 2.42 bits per heavy atom. The molecule has 0 amide bonds. The minimum atomic E-state index is 0.379. The zero-order chi connectivity index (χ0) is 8.97. The first-order valence-electron chi connectivity index (χ1n) is 3.30. The SMILES string of the molecule is COc1cc(C#N)ncc1SC. The zero-order valence-corrected chi connectivity index (χ0v) is 7.68. The van der Waals surface area contributed by atoms with Crippen LogP contribution in [0.1, 0.15) is 5.69 Å². The van der Waals surface area contributed by atoms with Gasteiger partial charge in [0.15, 0.2) is 0 Å². The maximum absolute atomic E-state index is 8.55. The second kappa shape index (κ2) is 3.98. The van der Waals surface area contributed by atoms with E-state index in [-0.39, 0.29) is 0 Å². The summed E-state index contributed by atoms with van der Waals surface area (Å²) >= 11 is 1.54. The molecule has 0 radical (unpaired) electrons. The fraction of sp³-hybridized carbons (Fsp3) is 0.250. The molecule has 0 atom stereocenters. The molecular weight excluding hydrogens is 172 g/mol. The van der Waals surface area contributed by atoms with Crippen molar-refractivity contribution in [2.24, 2.45) is 0 Å². The standard InChI is InChI=1S/C8H8N2OS/c1-11-7-3-6(4-9)10-5-8(7)12-2/h3,5H,1-2H3. The minimum absolute atomic E-state index is 0.379. The molecule has 0 aliphatic carbocycles. The molecule has 1 heterocycles. The summed E-state index contributed by atoms with van der Waals surface area (Å²) in [5, 5.41) is 8.55. The number of nitrogens with zero attached hydrogens (tertiary/aromatic N) is 2. The Hall–Kier alpha value is -1.21. The Morgan fingerprint density at radius 3 is 2.92 bits per heavy atom. The molecule has 0 aromatic carbocycles. The van der Waals surface area contributed by atoms with Crippen LogP contribution in [0.25, 0.3) is 0 Å². The number of ether oxygens (including phenoxy) is 1. The van der Waals surface area contributed by atoms with Crippen molar-refractivity contribution < 1.29 is 4.74 Å². The lowest BCUT2D eigenvalue weighted by Crippen LogP contribution is -1.89. The van der Waals surface area contributed by atoms with Gasteiger partial charge in [0.05, 0.1) is 12.0 Å². The number of hydrogen-bond acceptors (Lipinski definition) is 4. The highest BCUT2D eigenvalue weighted by atomic mass is 32.2. The van der Waals surface area contributed by atoms with E-state index in [1.807, 2.05) is 12.3 Å². The first-order chi connectivity index (χ1) is 5.81. The van der Waals surface area contributed by atoms with Gasteiger partial charge in [-0.15, -0.1) is 11.8 Å². The van der Waals surface area contributed by atoms with Gasteiger partial charge in [-0.2, -0.15) is 5.26 Å². The van der Waals surface area contributed by atoms with Crippen LogP contribution < -0.4 is 4.74 Å². The van der Waals surface area contributed by atoms with Crippen LogP contribution in [-0.2, 0) is 0 Å². The highest BCUT2D eigenvalue weighted by Crippen LogP contribution is 2.26. The number of methoxy groups -OCH3 is 1. The van der Waals surface area contributed by atoms with Crippen LogP contribution in [-0.4, -0.2) is 18.3 Å². The van der Waals surface area contributed by atoms with Gasteiger partial charge in [0, 0.05) is 12.3 Å². The molecule has 0 bridgehead atoms. The highest BCUT2D eigenvalue weighted by Gasteiger charge is 2.03. The number of pyridine rings is 1. The predicted molar refractivity (Wildman–Crippen MR) is 47.3 cm³/mol. The van der Waals surface area contributed by atoms with Crippen molar-refractivity contribution >= 4 is 11.8 Å². The van der Waals surface area contributed by atoms with E-state index >= 15 is 0 Å². The van der Waals surface area contributed by atoms with Crippen molar-refractivity contribution in [1.82, 2.24) is 4.98 Å². The van der Waals surface area contributed by atoms with Crippen LogP contribution in [0.15, 0.2) is 17.2 Å². The Morgan fingerprint density at radius 1 is 1.67 bits per heavy atom. The van der Waals surface area contributed by atoms with Crippen LogP contribution in [0.5, 0.6) is 5.75 Å². The molecule has 0 saturated heterocycles. The fourth-order valence-corrected chi connectivity index (χ4v) is 1.30. The summed E-state index contributed by atoms with van der Waals surface area (Å²) in [6.45, 7) is 0. The molecule has 0 saturated carbocycles. The quantitative estimate of drug-likeness (QED) is 0.650. The van der Waals surface area contributed by atoms with Crippen LogP contribution in [0.3, 0.4) is 0 Å². The number of nitriles is 1. The Balaban J connectivity index is 3.13. The van der Waals surface area contributed by atoms with Crippen molar-refractivity contribution in [2.45, 2.75) is 4.90 Å². The van der Waals surface area contributed by atoms with Crippen molar-refractivity contribution in [1.29, 1.82) is 5.26 Å². The molecular formula is C8H8N2OS. The monoisotopic (exact) mass is 180 g/mol. The Kier molecular flexibility index (Phi) is 2.94. The van der Waals surface area contributed by atoms with Crippen molar-refractivity contribution in [3.63, 3.8) is 0 Å².